The van der Waals surface area contributed by atoms with E-state index in [0.717, 1.165) is 49.6 Å². The van der Waals surface area contributed by atoms with Crippen molar-refractivity contribution < 1.29 is 0 Å². The van der Waals surface area contributed by atoms with E-state index in [1.165, 1.54) is 0 Å². The maximum atomic E-state index is 11.6. The number of hydrogen-bond donors (Lipinski definition) is 2. The molecule has 1 aliphatic heterocycles. The van der Waals surface area contributed by atoms with Gasteiger partial charge >= 0.3 is 5.69 Å². The number of fused-ring (bicyclic) bond motifs is 1. The predicted molar refractivity (Wildman–Crippen MR) is 73.0 cm³/mol. The lowest BCUT2D eigenvalue weighted by atomic mass is 10.1. The molecule has 0 bridgehead atoms. The van der Waals surface area contributed by atoms with Gasteiger partial charge in [-0.1, -0.05) is 13.8 Å². The third-order valence-corrected chi connectivity index (χ3v) is 3.36. The molecular formula is C13H22N4O. The van der Waals surface area contributed by atoms with Crippen LogP contribution >= 0.6 is 0 Å². The maximum absolute atomic E-state index is 11.6. The van der Waals surface area contributed by atoms with Gasteiger partial charge in [0.25, 0.3) is 0 Å². The standard InChI is InChI=1S/C13H22N4O/c1-9(2)5-7-17(3)12-10-8-14-6-4-11(10)15-13(18)16-12/h9,14H,4-8H2,1-3H3,(H,15,16,18). The van der Waals surface area contributed by atoms with Crippen LogP contribution in [0.25, 0.3) is 0 Å². The predicted octanol–water partition coefficient (Wildman–Crippen LogP) is 0.898. The largest absolute Gasteiger partial charge is 0.359 e. The summed E-state index contributed by atoms with van der Waals surface area (Å²) in [6.07, 6.45) is 1.98. The van der Waals surface area contributed by atoms with Gasteiger partial charge in [-0.25, -0.2) is 4.79 Å². The number of aromatic nitrogens is 2. The average Bonchev–Trinajstić information content (AvgIpc) is 2.34. The Balaban J connectivity index is 2.26. The average molecular weight is 250 g/mol. The van der Waals surface area contributed by atoms with Gasteiger partial charge in [-0.05, 0) is 12.3 Å². The van der Waals surface area contributed by atoms with Crippen LogP contribution in [-0.2, 0) is 13.0 Å². The summed E-state index contributed by atoms with van der Waals surface area (Å²) in [5.74, 6) is 1.49. The first kappa shape index (κ1) is 13.1. The Hall–Kier alpha value is -1.36. The Morgan fingerprint density at radius 1 is 1.44 bits per heavy atom. The maximum Gasteiger partial charge on any atom is 0.347 e. The van der Waals surface area contributed by atoms with Crippen LogP contribution in [0.3, 0.4) is 0 Å². The molecule has 0 fully saturated rings. The monoisotopic (exact) mass is 250 g/mol. The van der Waals surface area contributed by atoms with Crippen molar-refractivity contribution >= 4 is 5.82 Å². The van der Waals surface area contributed by atoms with Crippen molar-refractivity contribution in [1.29, 1.82) is 0 Å². The molecule has 0 radical (unpaired) electrons. The van der Waals surface area contributed by atoms with E-state index in [4.69, 9.17) is 0 Å². The Kier molecular flexibility index (Phi) is 4.01. The van der Waals surface area contributed by atoms with Gasteiger partial charge in [0.05, 0.1) is 0 Å². The van der Waals surface area contributed by atoms with Crippen molar-refractivity contribution in [3.05, 3.63) is 21.7 Å². The van der Waals surface area contributed by atoms with Gasteiger partial charge in [0.1, 0.15) is 5.82 Å². The number of hydrogen-bond acceptors (Lipinski definition) is 4. The molecule has 0 saturated carbocycles. The fourth-order valence-corrected chi connectivity index (χ4v) is 2.23. The molecule has 1 aliphatic rings. The van der Waals surface area contributed by atoms with Gasteiger partial charge in [0.2, 0.25) is 0 Å². The van der Waals surface area contributed by atoms with E-state index in [2.05, 4.69) is 34.0 Å². The minimum absolute atomic E-state index is 0.234. The van der Waals surface area contributed by atoms with Crippen LogP contribution in [0.1, 0.15) is 31.5 Å². The number of anilines is 1. The zero-order valence-corrected chi connectivity index (χ0v) is 11.4. The molecule has 0 amide bonds. The van der Waals surface area contributed by atoms with Crippen LogP contribution in [0.5, 0.6) is 0 Å². The molecule has 2 rings (SSSR count). The van der Waals surface area contributed by atoms with Crippen LogP contribution < -0.4 is 15.9 Å². The lowest BCUT2D eigenvalue weighted by molar-refractivity contribution is 0.577. The van der Waals surface area contributed by atoms with Crippen LogP contribution in [0, 0.1) is 5.92 Å². The summed E-state index contributed by atoms with van der Waals surface area (Å²) in [5.41, 5.74) is 1.95. The minimum Gasteiger partial charge on any atom is -0.359 e. The van der Waals surface area contributed by atoms with E-state index in [-0.39, 0.29) is 5.69 Å². The van der Waals surface area contributed by atoms with Gasteiger partial charge in [-0.15, -0.1) is 0 Å². The molecule has 18 heavy (non-hydrogen) atoms. The van der Waals surface area contributed by atoms with Gasteiger partial charge in [0.15, 0.2) is 0 Å². The Morgan fingerprint density at radius 3 is 2.94 bits per heavy atom. The Labute approximate surface area is 108 Å². The van der Waals surface area contributed by atoms with Gasteiger partial charge in [-0.3, -0.25) is 0 Å². The summed E-state index contributed by atoms with van der Waals surface area (Å²) in [6.45, 7) is 7.05. The first-order valence-corrected chi connectivity index (χ1v) is 6.62. The van der Waals surface area contributed by atoms with Crippen molar-refractivity contribution in [3.63, 3.8) is 0 Å². The van der Waals surface area contributed by atoms with E-state index in [1.807, 2.05) is 7.05 Å². The summed E-state index contributed by atoms with van der Waals surface area (Å²) in [5, 5.41) is 3.33. The molecule has 0 saturated heterocycles. The molecule has 0 aromatic carbocycles. The Morgan fingerprint density at radius 2 is 2.22 bits per heavy atom. The highest BCUT2D eigenvalue weighted by atomic mass is 16.1. The van der Waals surface area contributed by atoms with Crippen LogP contribution in [0.4, 0.5) is 5.82 Å². The topological polar surface area (TPSA) is 61.0 Å². The van der Waals surface area contributed by atoms with Crippen LogP contribution in [0.2, 0.25) is 0 Å². The third kappa shape index (κ3) is 2.90. The summed E-state index contributed by atoms with van der Waals surface area (Å²) >= 11 is 0. The molecule has 1 aromatic rings. The summed E-state index contributed by atoms with van der Waals surface area (Å²) in [7, 11) is 2.01. The second-order valence-electron chi connectivity index (χ2n) is 5.35. The molecule has 5 heteroatoms. The molecule has 1 aromatic heterocycles. The van der Waals surface area contributed by atoms with Crippen LogP contribution in [-0.4, -0.2) is 30.1 Å². The quantitative estimate of drug-likeness (QED) is 0.833. The normalized spacial score (nSPS) is 14.7. The second-order valence-corrected chi connectivity index (χ2v) is 5.35. The molecule has 2 N–H and O–H groups in total. The SMILES string of the molecule is CC(C)CCN(C)c1nc(=O)[nH]c2c1CNCC2. The zero-order valence-electron chi connectivity index (χ0n) is 11.4. The van der Waals surface area contributed by atoms with Crippen molar-refractivity contribution in [1.82, 2.24) is 15.3 Å². The lowest BCUT2D eigenvalue weighted by Crippen LogP contribution is -2.33. The molecule has 100 valence electrons. The molecular weight excluding hydrogens is 228 g/mol. The van der Waals surface area contributed by atoms with E-state index < -0.39 is 0 Å². The molecule has 0 unspecified atom stereocenters. The highest BCUT2D eigenvalue weighted by Crippen LogP contribution is 2.20. The Bertz CT molecular complexity index is 467. The molecule has 0 atom stereocenters. The summed E-state index contributed by atoms with van der Waals surface area (Å²) in [6, 6.07) is 0. The smallest absolute Gasteiger partial charge is 0.347 e. The highest BCUT2D eigenvalue weighted by Gasteiger charge is 2.18. The van der Waals surface area contributed by atoms with Gasteiger partial charge in [-0.2, -0.15) is 4.98 Å². The number of rotatable bonds is 4. The van der Waals surface area contributed by atoms with E-state index in [1.54, 1.807) is 0 Å². The molecule has 5 nitrogen and oxygen atoms in total. The van der Waals surface area contributed by atoms with E-state index in [9.17, 15) is 4.79 Å². The van der Waals surface area contributed by atoms with Gasteiger partial charge < -0.3 is 15.2 Å². The van der Waals surface area contributed by atoms with Crippen molar-refractivity contribution in [2.75, 3.05) is 25.0 Å². The molecule has 2 heterocycles. The summed E-state index contributed by atoms with van der Waals surface area (Å²) in [4.78, 5) is 20.7. The van der Waals surface area contributed by atoms with Crippen molar-refractivity contribution in [2.24, 2.45) is 5.92 Å². The highest BCUT2D eigenvalue weighted by molar-refractivity contribution is 5.48. The van der Waals surface area contributed by atoms with Crippen molar-refractivity contribution in [2.45, 2.75) is 33.2 Å². The van der Waals surface area contributed by atoms with E-state index in [0.29, 0.717) is 5.92 Å². The first-order chi connectivity index (χ1) is 8.58. The van der Waals surface area contributed by atoms with Crippen LogP contribution in [0.15, 0.2) is 4.79 Å². The first-order valence-electron chi connectivity index (χ1n) is 6.62. The fourth-order valence-electron chi connectivity index (χ4n) is 2.23. The zero-order chi connectivity index (χ0) is 13.1. The minimum atomic E-state index is -0.234. The third-order valence-electron chi connectivity index (χ3n) is 3.36. The van der Waals surface area contributed by atoms with Crippen molar-refractivity contribution in [3.8, 4) is 0 Å². The number of nitrogens with one attached hydrogen (secondary N) is 2. The lowest BCUT2D eigenvalue weighted by Gasteiger charge is -2.25. The van der Waals surface area contributed by atoms with Gasteiger partial charge in [0, 0.05) is 44.4 Å². The number of aromatic amines is 1. The van der Waals surface area contributed by atoms with E-state index >= 15 is 0 Å². The number of H-pyrrole nitrogens is 1. The molecule has 0 aliphatic carbocycles. The second kappa shape index (κ2) is 5.52. The number of nitrogens with zero attached hydrogens (tertiary/aromatic N) is 2. The fraction of sp³-hybridized carbons (Fsp3) is 0.692. The molecule has 0 spiro atoms. The summed E-state index contributed by atoms with van der Waals surface area (Å²) < 4.78 is 0.